The van der Waals surface area contributed by atoms with E-state index in [9.17, 15) is 9.18 Å². The molecular formula is C16H12FN3O. The van der Waals surface area contributed by atoms with Crippen molar-refractivity contribution < 1.29 is 9.18 Å². The highest BCUT2D eigenvalue weighted by atomic mass is 19.1. The zero-order chi connectivity index (χ0) is 14.4. The largest absolute Gasteiger partial charge is 0.325 e. The van der Waals surface area contributed by atoms with Gasteiger partial charge in [-0.25, -0.2) is 4.39 Å². The summed E-state index contributed by atoms with van der Waals surface area (Å²) in [7, 11) is 0. The second kappa shape index (κ2) is 4.41. The Morgan fingerprint density at radius 2 is 2.24 bits per heavy atom. The number of carbonyl (C=O) groups excluding carboxylic acids is 1. The number of benzene rings is 1. The number of halogens is 1. The molecule has 4 rings (SSSR count). The number of hydrogen-bond donors (Lipinski definition) is 2. The second-order valence-corrected chi connectivity index (χ2v) is 5.26. The summed E-state index contributed by atoms with van der Waals surface area (Å²) in [5, 5.41) is 10.7. The number of carbonyl (C=O) groups is 1. The Labute approximate surface area is 120 Å². The van der Waals surface area contributed by atoms with E-state index < -0.39 is 0 Å². The first-order valence-corrected chi connectivity index (χ1v) is 6.73. The highest BCUT2D eigenvalue weighted by Gasteiger charge is 2.34. The van der Waals surface area contributed by atoms with Crippen molar-refractivity contribution in [3.05, 3.63) is 59.2 Å². The molecule has 5 heteroatoms. The fourth-order valence-electron chi connectivity index (χ4n) is 2.83. The smallest absolute Gasteiger partial charge is 0.252 e. The minimum Gasteiger partial charge on any atom is -0.325 e. The Hall–Kier alpha value is -2.69. The van der Waals surface area contributed by atoms with Crippen LogP contribution in [0.4, 0.5) is 4.39 Å². The molecule has 1 atom stereocenters. The van der Waals surface area contributed by atoms with Gasteiger partial charge in [-0.2, -0.15) is 5.10 Å². The number of amides is 1. The third-order valence-corrected chi connectivity index (χ3v) is 3.90. The summed E-state index contributed by atoms with van der Waals surface area (Å²) in [6.07, 6.45) is 6.85. The molecule has 104 valence electrons. The molecule has 0 spiro atoms. The van der Waals surface area contributed by atoms with Crippen LogP contribution in [0.25, 0.3) is 17.0 Å². The van der Waals surface area contributed by atoms with E-state index in [2.05, 4.69) is 15.5 Å². The van der Waals surface area contributed by atoms with Gasteiger partial charge >= 0.3 is 0 Å². The molecule has 1 unspecified atom stereocenters. The molecule has 1 amide bonds. The number of allylic oxidation sites excluding steroid dienone is 4. The van der Waals surface area contributed by atoms with Crippen LogP contribution >= 0.6 is 0 Å². The van der Waals surface area contributed by atoms with Gasteiger partial charge in [0.25, 0.3) is 5.91 Å². The van der Waals surface area contributed by atoms with Gasteiger partial charge in [0.15, 0.2) is 0 Å². The lowest BCUT2D eigenvalue weighted by Gasteiger charge is -2.13. The SMILES string of the molecule is O=C1NC2=CC=C(F)CC2/C1=C/c1ccc2cn[nH]c2c1. The molecule has 1 aromatic heterocycles. The Kier molecular flexibility index (Phi) is 2.54. The number of aromatic amines is 1. The van der Waals surface area contributed by atoms with Gasteiger partial charge in [0.2, 0.25) is 0 Å². The Morgan fingerprint density at radius 1 is 1.33 bits per heavy atom. The minimum atomic E-state index is -0.208. The lowest BCUT2D eigenvalue weighted by atomic mass is 9.90. The highest BCUT2D eigenvalue weighted by molar-refractivity contribution is 6.03. The van der Waals surface area contributed by atoms with Crippen LogP contribution in [0.5, 0.6) is 0 Å². The summed E-state index contributed by atoms with van der Waals surface area (Å²) < 4.78 is 13.5. The number of nitrogens with one attached hydrogen (secondary N) is 2. The average molecular weight is 281 g/mol. The van der Waals surface area contributed by atoms with Crippen LogP contribution in [0.1, 0.15) is 12.0 Å². The Bertz CT molecular complexity index is 844. The van der Waals surface area contributed by atoms with Crippen LogP contribution in [0.3, 0.4) is 0 Å². The second-order valence-electron chi connectivity index (χ2n) is 5.26. The van der Waals surface area contributed by atoms with Gasteiger partial charge in [-0.1, -0.05) is 12.1 Å². The summed E-state index contributed by atoms with van der Waals surface area (Å²) in [4.78, 5) is 12.1. The van der Waals surface area contributed by atoms with Gasteiger partial charge < -0.3 is 5.32 Å². The molecule has 0 bridgehead atoms. The third kappa shape index (κ3) is 1.98. The topological polar surface area (TPSA) is 57.8 Å². The van der Waals surface area contributed by atoms with Crippen molar-refractivity contribution in [3.8, 4) is 0 Å². The third-order valence-electron chi connectivity index (χ3n) is 3.90. The van der Waals surface area contributed by atoms with Gasteiger partial charge in [0.1, 0.15) is 5.83 Å². The van der Waals surface area contributed by atoms with Crippen molar-refractivity contribution in [1.82, 2.24) is 15.5 Å². The Balaban J connectivity index is 1.75. The summed E-state index contributed by atoms with van der Waals surface area (Å²) in [5.74, 6) is -0.561. The van der Waals surface area contributed by atoms with E-state index in [1.54, 1.807) is 12.3 Å². The zero-order valence-corrected chi connectivity index (χ0v) is 11.1. The molecule has 0 radical (unpaired) electrons. The van der Waals surface area contributed by atoms with Crippen LogP contribution in [0, 0.1) is 5.92 Å². The molecular weight excluding hydrogens is 269 g/mol. The number of aromatic nitrogens is 2. The maximum Gasteiger partial charge on any atom is 0.252 e. The van der Waals surface area contributed by atoms with Crippen LogP contribution in [-0.4, -0.2) is 16.1 Å². The van der Waals surface area contributed by atoms with Crippen molar-refractivity contribution in [3.63, 3.8) is 0 Å². The number of fused-ring (bicyclic) bond motifs is 2. The molecule has 1 saturated heterocycles. The molecule has 2 heterocycles. The maximum atomic E-state index is 13.5. The normalized spacial score (nSPS) is 23.0. The molecule has 0 saturated carbocycles. The van der Waals surface area contributed by atoms with E-state index in [0.717, 1.165) is 22.2 Å². The van der Waals surface area contributed by atoms with E-state index in [-0.39, 0.29) is 24.1 Å². The standard InChI is InChI=1S/C16H12FN3O/c17-11-3-4-14-12(7-11)13(16(21)19-14)5-9-1-2-10-8-18-20-15(10)6-9/h1-6,8,12H,7H2,(H,18,20)(H,19,21)/b13-5-. The van der Waals surface area contributed by atoms with E-state index in [0.29, 0.717) is 5.57 Å². The molecule has 2 N–H and O–H groups in total. The van der Waals surface area contributed by atoms with Gasteiger partial charge in [-0.15, -0.1) is 0 Å². The fraction of sp³-hybridized carbons (Fsp3) is 0.125. The van der Waals surface area contributed by atoms with E-state index in [1.165, 1.54) is 6.08 Å². The number of H-pyrrole nitrogens is 1. The highest BCUT2D eigenvalue weighted by Crippen LogP contribution is 2.36. The number of hydrogen-bond acceptors (Lipinski definition) is 2. The van der Waals surface area contributed by atoms with E-state index in [4.69, 9.17) is 0 Å². The summed E-state index contributed by atoms with van der Waals surface area (Å²) in [6.45, 7) is 0. The minimum absolute atomic E-state index is 0.154. The first-order valence-electron chi connectivity index (χ1n) is 6.73. The zero-order valence-electron chi connectivity index (χ0n) is 11.1. The quantitative estimate of drug-likeness (QED) is 0.790. The van der Waals surface area contributed by atoms with Crippen molar-refractivity contribution in [1.29, 1.82) is 0 Å². The Morgan fingerprint density at radius 3 is 3.14 bits per heavy atom. The predicted molar refractivity (Wildman–Crippen MR) is 77.6 cm³/mol. The monoisotopic (exact) mass is 281 g/mol. The molecule has 4 nitrogen and oxygen atoms in total. The maximum absolute atomic E-state index is 13.5. The summed E-state index contributed by atoms with van der Waals surface area (Å²) >= 11 is 0. The van der Waals surface area contributed by atoms with Gasteiger partial charge in [-0.05, 0) is 29.9 Å². The van der Waals surface area contributed by atoms with Crippen molar-refractivity contribution in [2.45, 2.75) is 6.42 Å². The van der Waals surface area contributed by atoms with Crippen LogP contribution in [0.15, 0.2) is 53.6 Å². The van der Waals surface area contributed by atoms with Crippen LogP contribution < -0.4 is 5.32 Å². The van der Waals surface area contributed by atoms with E-state index >= 15 is 0 Å². The molecule has 2 aliphatic rings. The average Bonchev–Trinajstić information content (AvgIpc) is 3.04. The lowest BCUT2D eigenvalue weighted by molar-refractivity contribution is -0.115. The molecule has 1 fully saturated rings. The fourth-order valence-corrected chi connectivity index (χ4v) is 2.83. The van der Waals surface area contributed by atoms with Gasteiger partial charge in [0.05, 0.1) is 11.7 Å². The summed E-state index contributed by atoms with van der Waals surface area (Å²) in [5.41, 5.74) is 3.18. The molecule has 1 aliphatic carbocycles. The number of nitrogens with zero attached hydrogens (tertiary/aromatic N) is 1. The molecule has 2 aromatic rings. The van der Waals surface area contributed by atoms with Crippen molar-refractivity contribution in [2.24, 2.45) is 5.92 Å². The van der Waals surface area contributed by atoms with Crippen LogP contribution in [-0.2, 0) is 4.79 Å². The number of rotatable bonds is 1. The van der Waals surface area contributed by atoms with Crippen LogP contribution in [0.2, 0.25) is 0 Å². The first kappa shape index (κ1) is 12.1. The van der Waals surface area contributed by atoms with Crippen molar-refractivity contribution >= 4 is 22.9 Å². The molecule has 1 aromatic carbocycles. The van der Waals surface area contributed by atoms with Gasteiger partial charge in [0, 0.05) is 29.0 Å². The van der Waals surface area contributed by atoms with Crippen molar-refractivity contribution in [2.75, 3.05) is 0 Å². The molecule has 1 aliphatic heterocycles. The summed E-state index contributed by atoms with van der Waals surface area (Å²) in [6, 6.07) is 5.80. The molecule has 21 heavy (non-hydrogen) atoms. The van der Waals surface area contributed by atoms with E-state index in [1.807, 2.05) is 24.3 Å². The predicted octanol–water partition coefficient (Wildman–Crippen LogP) is 2.83. The first-order chi connectivity index (χ1) is 10.2. The van der Waals surface area contributed by atoms with Gasteiger partial charge in [-0.3, -0.25) is 9.89 Å². The lowest BCUT2D eigenvalue weighted by Crippen LogP contribution is -2.13.